The van der Waals surface area contributed by atoms with Crippen molar-refractivity contribution in [3.63, 3.8) is 0 Å². The highest BCUT2D eigenvalue weighted by atomic mass is 19.3. The molecule has 1 saturated heterocycles. The maximum atomic E-state index is 11.9. The fourth-order valence-electron chi connectivity index (χ4n) is 1.84. The van der Waals surface area contributed by atoms with E-state index in [1.807, 2.05) is 0 Å². The topological polar surface area (TPSA) is 87.1 Å². The van der Waals surface area contributed by atoms with E-state index in [1.54, 1.807) is 0 Å². The standard InChI is InChI=1S/C9H13F2NO5/c1-9(7(13)14)2-5(17-4-6(10)11)3-12(9)8(15)16/h5-6H,2-4H2,1H3,(H,13,14)(H,15,16). The van der Waals surface area contributed by atoms with Gasteiger partial charge in [0.1, 0.15) is 12.1 Å². The van der Waals surface area contributed by atoms with Crippen molar-refractivity contribution in [3.8, 4) is 0 Å². The predicted octanol–water partition coefficient (Wildman–Crippen LogP) is 0.864. The molecule has 0 aromatic heterocycles. The molecule has 1 heterocycles. The largest absolute Gasteiger partial charge is 0.480 e. The van der Waals surface area contributed by atoms with Gasteiger partial charge in [-0.25, -0.2) is 18.4 Å². The number of alkyl halides is 2. The van der Waals surface area contributed by atoms with Crippen molar-refractivity contribution in [2.45, 2.75) is 31.4 Å². The fraction of sp³-hybridized carbons (Fsp3) is 0.778. The van der Waals surface area contributed by atoms with Gasteiger partial charge in [-0.05, 0) is 6.92 Å². The van der Waals surface area contributed by atoms with Crippen molar-refractivity contribution in [2.24, 2.45) is 0 Å². The number of rotatable bonds is 4. The summed E-state index contributed by atoms with van der Waals surface area (Å²) in [6, 6.07) is 0. The smallest absolute Gasteiger partial charge is 0.408 e. The third kappa shape index (κ3) is 2.82. The first kappa shape index (κ1) is 13.6. The van der Waals surface area contributed by atoms with E-state index >= 15 is 0 Å². The molecule has 6 nitrogen and oxygen atoms in total. The van der Waals surface area contributed by atoms with Gasteiger partial charge in [-0.1, -0.05) is 0 Å². The van der Waals surface area contributed by atoms with Gasteiger partial charge in [-0.15, -0.1) is 0 Å². The molecule has 17 heavy (non-hydrogen) atoms. The first-order chi connectivity index (χ1) is 7.77. The van der Waals surface area contributed by atoms with Crippen LogP contribution in [0.2, 0.25) is 0 Å². The first-order valence-electron chi connectivity index (χ1n) is 4.91. The Balaban J connectivity index is 2.73. The summed E-state index contributed by atoms with van der Waals surface area (Å²) in [5.41, 5.74) is -1.63. The van der Waals surface area contributed by atoms with E-state index in [0.29, 0.717) is 4.90 Å². The molecular weight excluding hydrogens is 240 g/mol. The average molecular weight is 253 g/mol. The van der Waals surface area contributed by atoms with E-state index in [4.69, 9.17) is 14.9 Å². The first-order valence-corrected chi connectivity index (χ1v) is 4.91. The molecule has 8 heteroatoms. The Morgan fingerprint density at radius 2 is 2.12 bits per heavy atom. The van der Waals surface area contributed by atoms with Crippen LogP contribution < -0.4 is 0 Å². The molecule has 98 valence electrons. The zero-order chi connectivity index (χ0) is 13.2. The molecule has 1 aliphatic rings. The summed E-state index contributed by atoms with van der Waals surface area (Å²) >= 11 is 0. The van der Waals surface area contributed by atoms with Crippen LogP contribution in [0.15, 0.2) is 0 Å². The van der Waals surface area contributed by atoms with Crippen LogP contribution in [0.5, 0.6) is 0 Å². The molecule has 0 saturated carbocycles. The predicted molar refractivity (Wildman–Crippen MR) is 51.1 cm³/mol. The number of likely N-dealkylation sites (tertiary alicyclic amines) is 1. The van der Waals surface area contributed by atoms with Crippen molar-refractivity contribution in [3.05, 3.63) is 0 Å². The number of hydrogen-bond acceptors (Lipinski definition) is 3. The van der Waals surface area contributed by atoms with Gasteiger partial charge in [0.2, 0.25) is 0 Å². The van der Waals surface area contributed by atoms with E-state index in [-0.39, 0.29) is 13.0 Å². The van der Waals surface area contributed by atoms with Gasteiger partial charge in [0, 0.05) is 6.42 Å². The lowest BCUT2D eigenvalue weighted by Gasteiger charge is -2.27. The lowest BCUT2D eigenvalue weighted by Crippen LogP contribution is -2.50. The molecule has 0 bridgehead atoms. The van der Waals surface area contributed by atoms with Gasteiger partial charge in [0.15, 0.2) is 0 Å². The van der Waals surface area contributed by atoms with E-state index in [0.717, 1.165) is 0 Å². The molecule has 1 rings (SSSR count). The minimum Gasteiger partial charge on any atom is -0.480 e. The number of carbonyl (C=O) groups is 2. The fourth-order valence-corrected chi connectivity index (χ4v) is 1.84. The Kier molecular flexibility index (Phi) is 3.87. The van der Waals surface area contributed by atoms with E-state index in [1.165, 1.54) is 6.92 Å². The SMILES string of the molecule is CC1(C(=O)O)CC(OCC(F)F)CN1C(=O)O. The lowest BCUT2D eigenvalue weighted by molar-refractivity contribution is -0.147. The Morgan fingerprint density at radius 3 is 2.47 bits per heavy atom. The van der Waals surface area contributed by atoms with Crippen LogP contribution >= 0.6 is 0 Å². The molecule has 0 aliphatic carbocycles. The van der Waals surface area contributed by atoms with Crippen molar-refractivity contribution in [2.75, 3.05) is 13.2 Å². The highest BCUT2D eigenvalue weighted by molar-refractivity contribution is 5.84. The second kappa shape index (κ2) is 4.82. The van der Waals surface area contributed by atoms with Crippen LogP contribution in [0, 0.1) is 0 Å². The molecule has 2 unspecified atom stereocenters. The summed E-state index contributed by atoms with van der Waals surface area (Å²) < 4.78 is 28.6. The van der Waals surface area contributed by atoms with Crippen molar-refractivity contribution in [1.29, 1.82) is 0 Å². The van der Waals surface area contributed by atoms with E-state index < -0.39 is 36.7 Å². The van der Waals surface area contributed by atoms with Crippen LogP contribution in [-0.4, -0.2) is 58.4 Å². The summed E-state index contributed by atoms with van der Waals surface area (Å²) in [5, 5.41) is 17.8. The molecule has 1 fully saturated rings. The number of hydrogen-bond donors (Lipinski definition) is 2. The Bertz CT molecular complexity index is 325. The zero-order valence-corrected chi connectivity index (χ0v) is 9.10. The summed E-state index contributed by atoms with van der Waals surface area (Å²) in [5.74, 6) is -1.32. The van der Waals surface area contributed by atoms with Crippen molar-refractivity contribution >= 4 is 12.1 Å². The van der Waals surface area contributed by atoms with Gasteiger partial charge in [-0.3, -0.25) is 4.90 Å². The maximum Gasteiger partial charge on any atom is 0.408 e. The summed E-state index contributed by atoms with van der Waals surface area (Å²) in [6.07, 6.45) is -5.02. The van der Waals surface area contributed by atoms with Crippen LogP contribution in [0.3, 0.4) is 0 Å². The second-order valence-electron chi connectivity index (χ2n) is 4.02. The third-order valence-corrected chi connectivity index (χ3v) is 2.76. The van der Waals surface area contributed by atoms with Gasteiger partial charge >= 0.3 is 12.1 Å². The van der Waals surface area contributed by atoms with Crippen LogP contribution in [0.25, 0.3) is 0 Å². The molecule has 0 radical (unpaired) electrons. The molecule has 2 atom stereocenters. The number of carboxylic acid groups (broad SMARTS) is 2. The number of aliphatic carboxylic acids is 1. The molecule has 0 spiro atoms. The number of amides is 1. The lowest BCUT2D eigenvalue weighted by atomic mass is 9.99. The Labute approximate surface area is 95.8 Å². The van der Waals surface area contributed by atoms with Gasteiger partial charge < -0.3 is 14.9 Å². The molecule has 1 amide bonds. The molecule has 1 aliphatic heterocycles. The second-order valence-corrected chi connectivity index (χ2v) is 4.02. The molecule has 2 N–H and O–H groups in total. The van der Waals surface area contributed by atoms with Crippen molar-refractivity contribution in [1.82, 2.24) is 4.90 Å². The minimum atomic E-state index is -2.66. The van der Waals surface area contributed by atoms with Crippen LogP contribution in [0.1, 0.15) is 13.3 Å². The summed E-state index contributed by atoms with van der Waals surface area (Å²) in [4.78, 5) is 22.6. The van der Waals surface area contributed by atoms with E-state index in [9.17, 15) is 18.4 Å². The van der Waals surface area contributed by atoms with Gasteiger partial charge in [0.05, 0.1) is 12.6 Å². The van der Waals surface area contributed by atoms with E-state index in [2.05, 4.69) is 0 Å². The average Bonchev–Trinajstić information content (AvgIpc) is 2.54. The molecule has 0 aromatic carbocycles. The number of nitrogens with zero attached hydrogens (tertiary/aromatic N) is 1. The molecule has 0 aromatic rings. The van der Waals surface area contributed by atoms with Gasteiger partial charge in [0.25, 0.3) is 6.43 Å². The quantitative estimate of drug-likeness (QED) is 0.776. The number of ether oxygens (including phenoxy) is 1. The highest BCUT2D eigenvalue weighted by Crippen LogP contribution is 2.31. The monoisotopic (exact) mass is 253 g/mol. The Morgan fingerprint density at radius 1 is 1.53 bits per heavy atom. The van der Waals surface area contributed by atoms with Crippen LogP contribution in [-0.2, 0) is 9.53 Å². The normalized spacial score (nSPS) is 28.7. The Hall–Kier alpha value is -1.44. The number of carboxylic acids is 1. The highest BCUT2D eigenvalue weighted by Gasteiger charge is 2.51. The summed E-state index contributed by atoms with van der Waals surface area (Å²) in [6.45, 7) is 0.188. The minimum absolute atomic E-state index is 0.138. The summed E-state index contributed by atoms with van der Waals surface area (Å²) in [7, 11) is 0. The third-order valence-electron chi connectivity index (χ3n) is 2.76. The zero-order valence-electron chi connectivity index (χ0n) is 9.10. The van der Waals surface area contributed by atoms with Gasteiger partial charge in [-0.2, -0.15) is 0 Å². The number of halogens is 2. The van der Waals surface area contributed by atoms with Crippen molar-refractivity contribution < 1.29 is 33.3 Å². The van der Waals surface area contributed by atoms with Crippen LogP contribution in [0.4, 0.5) is 13.6 Å². The maximum absolute atomic E-state index is 11.9. The molecular formula is C9H13F2NO5.